The molecule has 7 nitrogen and oxygen atoms in total. The average molecular weight is 421 g/mol. The molecule has 2 N–H and O–H groups in total. The van der Waals surface area contributed by atoms with Gasteiger partial charge in [-0.2, -0.15) is 0 Å². The highest BCUT2D eigenvalue weighted by molar-refractivity contribution is 6.10. The third-order valence-corrected chi connectivity index (χ3v) is 5.46. The summed E-state index contributed by atoms with van der Waals surface area (Å²) in [7, 11) is 0. The molecule has 1 fully saturated rings. The van der Waals surface area contributed by atoms with Crippen LogP contribution in [0.1, 0.15) is 56.1 Å². The fourth-order valence-electron chi connectivity index (χ4n) is 3.50. The van der Waals surface area contributed by atoms with Crippen molar-refractivity contribution in [3.63, 3.8) is 0 Å². The third kappa shape index (κ3) is 4.50. The summed E-state index contributed by atoms with van der Waals surface area (Å²) in [6.07, 6.45) is 0. The Kier molecular flexibility index (Phi) is 5.72. The Balaban J connectivity index is 1.74. The Morgan fingerprint density at radius 1 is 1.06 bits per heavy atom. The molecule has 0 spiro atoms. The predicted molar refractivity (Wildman–Crippen MR) is 118 cm³/mol. The molecule has 1 saturated heterocycles. The van der Waals surface area contributed by atoms with Crippen LogP contribution in [0.2, 0.25) is 0 Å². The van der Waals surface area contributed by atoms with E-state index in [-0.39, 0.29) is 11.2 Å². The molecule has 7 heteroatoms. The quantitative estimate of drug-likeness (QED) is 0.570. The molecule has 0 aliphatic carbocycles. The standard InChI is InChI=1S/C24H27N3O4/c1-15(28)16-7-6-8-19(13-16)25-20(29)14-27-21(30)24(5,26-22(27)31)18-11-9-17(10-12-18)23(2,3)4/h6-13H,14H2,1-5H3,(H,25,29)(H,26,31)/t24-/m0/s1. The van der Waals surface area contributed by atoms with Gasteiger partial charge in [0.25, 0.3) is 5.91 Å². The maximum absolute atomic E-state index is 13.1. The normalized spacial score (nSPS) is 18.7. The number of anilines is 1. The highest BCUT2D eigenvalue weighted by atomic mass is 16.2. The van der Waals surface area contributed by atoms with E-state index in [2.05, 4.69) is 31.4 Å². The first kappa shape index (κ1) is 22.2. The van der Waals surface area contributed by atoms with Gasteiger partial charge in [0.05, 0.1) is 0 Å². The molecule has 3 rings (SSSR count). The number of rotatable bonds is 5. The number of nitrogens with zero attached hydrogens (tertiary/aromatic N) is 1. The topological polar surface area (TPSA) is 95.6 Å². The SMILES string of the molecule is CC(=O)c1cccc(NC(=O)CN2C(=O)N[C@@](C)(c3ccc(C(C)(C)C)cc3)C2=O)c1. The highest BCUT2D eigenvalue weighted by Gasteiger charge is 2.49. The summed E-state index contributed by atoms with van der Waals surface area (Å²) in [5, 5.41) is 5.34. The van der Waals surface area contributed by atoms with Crippen molar-refractivity contribution in [3.05, 3.63) is 65.2 Å². The number of hydrogen-bond donors (Lipinski definition) is 2. The van der Waals surface area contributed by atoms with Gasteiger partial charge in [-0.1, -0.05) is 57.2 Å². The van der Waals surface area contributed by atoms with E-state index in [1.807, 2.05) is 24.3 Å². The molecule has 0 unspecified atom stereocenters. The lowest BCUT2D eigenvalue weighted by Gasteiger charge is -2.24. The van der Waals surface area contributed by atoms with Crippen LogP contribution in [0, 0.1) is 0 Å². The Morgan fingerprint density at radius 2 is 1.71 bits per heavy atom. The number of ketones is 1. The second-order valence-electron chi connectivity index (χ2n) is 8.96. The number of urea groups is 1. The van der Waals surface area contributed by atoms with Crippen LogP contribution in [0.25, 0.3) is 0 Å². The summed E-state index contributed by atoms with van der Waals surface area (Å²) in [6.45, 7) is 8.93. The van der Waals surface area contributed by atoms with Gasteiger partial charge in [-0.05, 0) is 42.5 Å². The van der Waals surface area contributed by atoms with Crippen LogP contribution in [-0.2, 0) is 20.5 Å². The molecule has 0 bridgehead atoms. The van der Waals surface area contributed by atoms with Crippen LogP contribution in [0.3, 0.4) is 0 Å². The summed E-state index contributed by atoms with van der Waals surface area (Å²) < 4.78 is 0. The number of imide groups is 1. The Hall–Kier alpha value is -3.48. The van der Waals surface area contributed by atoms with E-state index in [1.165, 1.54) is 6.92 Å². The molecular weight excluding hydrogens is 394 g/mol. The second-order valence-corrected chi connectivity index (χ2v) is 8.96. The van der Waals surface area contributed by atoms with Crippen LogP contribution >= 0.6 is 0 Å². The van der Waals surface area contributed by atoms with Crippen LogP contribution < -0.4 is 10.6 Å². The fraction of sp³-hybridized carbons (Fsp3) is 0.333. The maximum Gasteiger partial charge on any atom is 0.325 e. The molecule has 1 aliphatic heterocycles. The van der Waals surface area contributed by atoms with Gasteiger partial charge in [0, 0.05) is 11.3 Å². The maximum atomic E-state index is 13.1. The van der Waals surface area contributed by atoms with Gasteiger partial charge in [0.15, 0.2) is 5.78 Å². The van der Waals surface area contributed by atoms with Crippen molar-refractivity contribution in [3.8, 4) is 0 Å². The molecule has 0 aromatic heterocycles. The Labute approximate surface area is 181 Å². The average Bonchev–Trinajstić information content (AvgIpc) is 2.91. The Morgan fingerprint density at radius 3 is 2.29 bits per heavy atom. The third-order valence-electron chi connectivity index (χ3n) is 5.46. The van der Waals surface area contributed by atoms with Crippen molar-refractivity contribution in [2.75, 3.05) is 11.9 Å². The van der Waals surface area contributed by atoms with Crippen molar-refractivity contribution < 1.29 is 19.2 Å². The van der Waals surface area contributed by atoms with Gasteiger partial charge in [-0.3, -0.25) is 19.3 Å². The molecule has 0 saturated carbocycles. The van der Waals surface area contributed by atoms with Crippen molar-refractivity contribution in [2.24, 2.45) is 0 Å². The molecule has 1 heterocycles. The zero-order valence-corrected chi connectivity index (χ0v) is 18.4. The summed E-state index contributed by atoms with van der Waals surface area (Å²) in [4.78, 5) is 50.5. The molecule has 2 aromatic carbocycles. The van der Waals surface area contributed by atoms with E-state index in [9.17, 15) is 19.2 Å². The van der Waals surface area contributed by atoms with Crippen LogP contribution in [-0.4, -0.2) is 35.1 Å². The zero-order valence-electron chi connectivity index (χ0n) is 18.4. The number of Topliss-reactive ketones (excluding diaryl/α,β-unsaturated/α-hetero) is 1. The van der Waals surface area contributed by atoms with Crippen LogP contribution in [0.5, 0.6) is 0 Å². The molecule has 4 amide bonds. The Bertz CT molecular complexity index is 1050. The lowest BCUT2D eigenvalue weighted by molar-refractivity contribution is -0.133. The van der Waals surface area contributed by atoms with E-state index < -0.39 is 29.9 Å². The smallest absolute Gasteiger partial charge is 0.325 e. The van der Waals surface area contributed by atoms with E-state index in [0.717, 1.165) is 10.5 Å². The van der Waals surface area contributed by atoms with E-state index in [4.69, 9.17) is 0 Å². The van der Waals surface area contributed by atoms with Gasteiger partial charge >= 0.3 is 6.03 Å². The number of amides is 4. The number of nitrogens with one attached hydrogen (secondary N) is 2. The van der Waals surface area contributed by atoms with Crippen molar-refractivity contribution in [1.82, 2.24) is 10.2 Å². The highest BCUT2D eigenvalue weighted by Crippen LogP contribution is 2.31. The minimum atomic E-state index is -1.25. The summed E-state index contributed by atoms with van der Waals surface area (Å²) in [6, 6.07) is 13.4. The van der Waals surface area contributed by atoms with Gasteiger partial charge in [0.2, 0.25) is 5.91 Å². The first-order chi connectivity index (χ1) is 14.4. The minimum absolute atomic E-state index is 0.0355. The molecule has 1 aliphatic rings. The fourth-order valence-corrected chi connectivity index (χ4v) is 3.50. The van der Waals surface area contributed by atoms with Crippen molar-refractivity contribution in [1.29, 1.82) is 0 Å². The second kappa shape index (κ2) is 7.98. The number of hydrogen-bond acceptors (Lipinski definition) is 4. The number of benzene rings is 2. The molecule has 2 aromatic rings. The summed E-state index contributed by atoms with van der Waals surface area (Å²) >= 11 is 0. The first-order valence-corrected chi connectivity index (χ1v) is 10.1. The number of carbonyl (C=O) groups excluding carboxylic acids is 4. The number of carbonyl (C=O) groups is 4. The summed E-state index contributed by atoms with van der Waals surface area (Å²) in [5.41, 5.74) is 1.36. The van der Waals surface area contributed by atoms with E-state index in [0.29, 0.717) is 16.8 Å². The molecule has 162 valence electrons. The van der Waals surface area contributed by atoms with Gasteiger partial charge in [0.1, 0.15) is 12.1 Å². The first-order valence-electron chi connectivity index (χ1n) is 10.1. The minimum Gasteiger partial charge on any atom is -0.325 e. The van der Waals surface area contributed by atoms with Gasteiger partial charge in [-0.15, -0.1) is 0 Å². The van der Waals surface area contributed by atoms with E-state index >= 15 is 0 Å². The molecule has 0 radical (unpaired) electrons. The van der Waals surface area contributed by atoms with E-state index in [1.54, 1.807) is 31.2 Å². The monoisotopic (exact) mass is 421 g/mol. The van der Waals surface area contributed by atoms with Gasteiger partial charge in [-0.25, -0.2) is 4.79 Å². The lowest BCUT2D eigenvalue weighted by atomic mass is 9.84. The van der Waals surface area contributed by atoms with Crippen LogP contribution in [0.4, 0.5) is 10.5 Å². The molecule has 1 atom stereocenters. The summed E-state index contributed by atoms with van der Waals surface area (Å²) in [5.74, 6) is -1.15. The predicted octanol–water partition coefficient (Wildman–Crippen LogP) is 3.59. The van der Waals surface area contributed by atoms with Crippen molar-refractivity contribution >= 4 is 29.3 Å². The van der Waals surface area contributed by atoms with Crippen molar-refractivity contribution in [2.45, 2.75) is 45.6 Å². The van der Waals surface area contributed by atoms with Crippen LogP contribution in [0.15, 0.2) is 48.5 Å². The largest absolute Gasteiger partial charge is 0.325 e. The molecular formula is C24H27N3O4. The lowest BCUT2D eigenvalue weighted by Crippen LogP contribution is -2.42. The zero-order chi connectivity index (χ0) is 23.0. The van der Waals surface area contributed by atoms with Gasteiger partial charge < -0.3 is 10.6 Å². The molecule has 31 heavy (non-hydrogen) atoms.